The van der Waals surface area contributed by atoms with E-state index in [9.17, 15) is 14.0 Å². The molecule has 0 saturated heterocycles. The number of halogens is 2. The van der Waals surface area contributed by atoms with E-state index in [4.69, 9.17) is 16.3 Å². The highest BCUT2D eigenvalue weighted by molar-refractivity contribution is 6.30. The molecule has 0 spiro atoms. The van der Waals surface area contributed by atoms with Crippen molar-refractivity contribution in [1.29, 1.82) is 0 Å². The van der Waals surface area contributed by atoms with Gasteiger partial charge in [0.25, 0.3) is 5.91 Å². The van der Waals surface area contributed by atoms with Crippen LogP contribution < -0.4 is 20.7 Å². The average molecular weight is 408 g/mol. The van der Waals surface area contributed by atoms with E-state index in [2.05, 4.69) is 22.0 Å². The summed E-state index contributed by atoms with van der Waals surface area (Å²) in [7, 11) is 0. The molecule has 1 unspecified atom stereocenters. The highest BCUT2D eigenvalue weighted by Gasteiger charge is 2.69. The molecule has 150 valence electrons. The Morgan fingerprint density at radius 1 is 1.21 bits per heavy atom. The van der Waals surface area contributed by atoms with Gasteiger partial charge in [0.2, 0.25) is 5.91 Å². The lowest BCUT2D eigenvalue weighted by Crippen LogP contribution is -2.84. The van der Waals surface area contributed by atoms with E-state index < -0.39 is 5.82 Å². The molecule has 1 aromatic carbocycles. The second-order valence-electron chi connectivity index (χ2n) is 8.03. The maximum atomic E-state index is 13.4. The van der Waals surface area contributed by atoms with Crippen molar-refractivity contribution in [2.45, 2.75) is 49.2 Å². The zero-order valence-corrected chi connectivity index (χ0v) is 16.2. The number of nitrogens with one attached hydrogen (secondary N) is 3. The largest absolute Gasteiger partial charge is 0.484 e. The quantitative estimate of drug-likeness (QED) is 0.604. The molecular weight excluding hydrogens is 385 g/mol. The molecule has 5 rings (SSSR count). The minimum Gasteiger partial charge on any atom is -0.484 e. The van der Waals surface area contributed by atoms with Gasteiger partial charge in [-0.1, -0.05) is 23.8 Å². The average Bonchev–Trinajstić information content (AvgIpc) is 2.60. The zero-order chi connectivity index (χ0) is 19.8. The van der Waals surface area contributed by atoms with Crippen molar-refractivity contribution in [3.8, 4) is 5.75 Å². The molecule has 3 aliphatic carbocycles. The van der Waals surface area contributed by atoms with Crippen molar-refractivity contribution in [1.82, 2.24) is 16.0 Å². The first-order chi connectivity index (χ1) is 13.4. The van der Waals surface area contributed by atoms with Crippen LogP contribution in [-0.2, 0) is 9.59 Å². The molecule has 0 aromatic heterocycles. The lowest BCUT2D eigenvalue weighted by atomic mass is 9.44. The Hall–Kier alpha value is -2.12. The molecule has 1 aromatic rings. The molecule has 6 nitrogen and oxygen atoms in total. The summed E-state index contributed by atoms with van der Waals surface area (Å²) in [6.07, 6.45) is 7.78. The molecular formula is C20H23ClFN3O3. The first-order valence-electron chi connectivity index (χ1n) is 9.47. The van der Waals surface area contributed by atoms with Crippen molar-refractivity contribution in [2.75, 3.05) is 13.2 Å². The van der Waals surface area contributed by atoms with Gasteiger partial charge in [-0.05, 0) is 44.4 Å². The van der Waals surface area contributed by atoms with Gasteiger partial charge < -0.3 is 20.7 Å². The number of carbonyl (C=O) groups is 2. The van der Waals surface area contributed by atoms with E-state index in [1.54, 1.807) is 0 Å². The van der Waals surface area contributed by atoms with Crippen molar-refractivity contribution >= 4 is 23.4 Å². The Morgan fingerprint density at radius 2 is 1.93 bits per heavy atom. The molecule has 0 radical (unpaired) electrons. The molecule has 4 aliphatic rings. The van der Waals surface area contributed by atoms with Gasteiger partial charge >= 0.3 is 0 Å². The smallest absolute Gasteiger partial charge is 0.258 e. The summed E-state index contributed by atoms with van der Waals surface area (Å²) < 4.78 is 18.7. The topological polar surface area (TPSA) is 79.5 Å². The SMILES string of the molecule is O=C(COc1ccc(Cl)c(F)c1)NC12CC(NC(=O)CC3C=CCCN3)(C1)C2. The summed E-state index contributed by atoms with van der Waals surface area (Å²) in [6.45, 7) is 0.710. The van der Waals surface area contributed by atoms with Gasteiger partial charge in [-0.2, -0.15) is 0 Å². The monoisotopic (exact) mass is 407 g/mol. The van der Waals surface area contributed by atoms with Crippen molar-refractivity contribution in [3.05, 3.63) is 41.2 Å². The molecule has 1 heterocycles. The van der Waals surface area contributed by atoms with Gasteiger partial charge in [0.1, 0.15) is 11.6 Å². The van der Waals surface area contributed by atoms with E-state index in [1.165, 1.54) is 12.1 Å². The summed E-state index contributed by atoms with van der Waals surface area (Å²) in [5, 5.41) is 9.41. The van der Waals surface area contributed by atoms with Crippen LogP contribution in [0, 0.1) is 5.82 Å². The molecule has 2 bridgehead atoms. The predicted octanol–water partition coefficient (Wildman–Crippen LogP) is 2.07. The van der Waals surface area contributed by atoms with Crippen molar-refractivity contribution < 1.29 is 18.7 Å². The summed E-state index contributed by atoms with van der Waals surface area (Å²) in [5.41, 5.74) is -0.426. The lowest BCUT2D eigenvalue weighted by molar-refractivity contribution is -0.150. The van der Waals surface area contributed by atoms with E-state index in [1.807, 2.05) is 6.08 Å². The maximum absolute atomic E-state index is 13.4. The van der Waals surface area contributed by atoms with Crippen LogP contribution in [0.3, 0.4) is 0 Å². The minimum atomic E-state index is -0.587. The summed E-state index contributed by atoms with van der Waals surface area (Å²) in [6, 6.07) is 4.15. The molecule has 28 heavy (non-hydrogen) atoms. The van der Waals surface area contributed by atoms with Gasteiger partial charge in [-0.25, -0.2) is 4.39 Å². The van der Waals surface area contributed by atoms with Crippen LogP contribution in [0.2, 0.25) is 5.02 Å². The van der Waals surface area contributed by atoms with Crippen LogP contribution in [0.1, 0.15) is 32.1 Å². The van der Waals surface area contributed by atoms with E-state index in [-0.39, 0.29) is 46.3 Å². The number of amides is 2. The van der Waals surface area contributed by atoms with Crippen LogP contribution in [-0.4, -0.2) is 42.1 Å². The normalized spacial score (nSPS) is 30.0. The van der Waals surface area contributed by atoms with Gasteiger partial charge in [0, 0.05) is 29.6 Å². The minimum absolute atomic E-state index is 0.00769. The Balaban J connectivity index is 1.18. The number of benzene rings is 1. The fourth-order valence-corrected chi connectivity index (χ4v) is 4.59. The van der Waals surface area contributed by atoms with Crippen LogP contribution in [0.15, 0.2) is 30.4 Å². The zero-order valence-electron chi connectivity index (χ0n) is 15.4. The van der Waals surface area contributed by atoms with E-state index >= 15 is 0 Å². The first-order valence-corrected chi connectivity index (χ1v) is 9.85. The summed E-state index contributed by atoms with van der Waals surface area (Å²) in [5.74, 6) is -0.553. The third-order valence-electron chi connectivity index (χ3n) is 5.59. The summed E-state index contributed by atoms with van der Waals surface area (Å²) >= 11 is 5.62. The van der Waals surface area contributed by atoms with Crippen molar-refractivity contribution in [2.24, 2.45) is 0 Å². The third-order valence-corrected chi connectivity index (χ3v) is 5.90. The fourth-order valence-electron chi connectivity index (χ4n) is 4.47. The van der Waals surface area contributed by atoms with Gasteiger partial charge in [-0.3, -0.25) is 9.59 Å². The second-order valence-corrected chi connectivity index (χ2v) is 8.44. The molecule has 3 fully saturated rings. The number of carbonyl (C=O) groups excluding carboxylic acids is 2. The second kappa shape index (κ2) is 7.37. The van der Waals surface area contributed by atoms with Crippen molar-refractivity contribution in [3.63, 3.8) is 0 Å². The van der Waals surface area contributed by atoms with E-state index in [0.717, 1.165) is 38.3 Å². The molecule has 3 saturated carbocycles. The highest BCUT2D eigenvalue weighted by atomic mass is 35.5. The Morgan fingerprint density at radius 3 is 2.57 bits per heavy atom. The molecule has 2 amide bonds. The van der Waals surface area contributed by atoms with Gasteiger partial charge in [-0.15, -0.1) is 0 Å². The van der Waals surface area contributed by atoms with Gasteiger partial charge in [0.05, 0.1) is 5.02 Å². The molecule has 1 atom stereocenters. The maximum Gasteiger partial charge on any atom is 0.258 e. The Bertz CT molecular complexity index is 809. The van der Waals surface area contributed by atoms with Crippen LogP contribution in [0.5, 0.6) is 5.75 Å². The number of ether oxygens (including phenoxy) is 1. The molecule has 1 aliphatic heterocycles. The third kappa shape index (κ3) is 4.00. The van der Waals surface area contributed by atoms with Crippen LogP contribution in [0.4, 0.5) is 4.39 Å². The standard InChI is InChI=1S/C20H23ClFN3O3/c21-15-5-4-14(8-16(15)22)28-9-18(27)25-20-10-19(11-20,12-20)24-17(26)7-13-3-1-2-6-23-13/h1,3-5,8,13,23H,2,6-7,9-12H2,(H,24,26)(H,25,27). The Kier molecular flexibility index (Phi) is 5.05. The van der Waals surface area contributed by atoms with Gasteiger partial charge in [0.15, 0.2) is 6.61 Å². The molecule has 8 heteroatoms. The Labute approximate surface area is 167 Å². The summed E-state index contributed by atoms with van der Waals surface area (Å²) in [4.78, 5) is 24.4. The van der Waals surface area contributed by atoms with Crippen LogP contribution >= 0.6 is 11.6 Å². The van der Waals surface area contributed by atoms with Crippen LogP contribution in [0.25, 0.3) is 0 Å². The number of hydrogen-bond acceptors (Lipinski definition) is 4. The molecule has 3 N–H and O–H groups in total. The number of rotatable bonds is 7. The lowest BCUT2D eigenvalue weighted by Gasteiger charge is -2.70. The first kappa shape index (κ1) is 19.2. The predicted molar refractivity (Wildman–Crippen MR) is 103 cm³/mol. The highest BCUT2D eigenvalue weighted by Crippen LogP contribution is 2.60. The fraction of sp³-hybridized carbons (Fsp3) is 0.500. The number of hydrogen-bond donors (Lipinski definition) is 3. The van der Waals surface area contributed by atoms with E-state index in [0.29, 0.717) is 6.42 Å².